The fraction of sp³-hybridized carbons (Fsp3) is 0.478. The molecular formula is C23H29NO5S. The molecule has 6 nitrogen and oxygen atoms in total. The number of hydrogen-bond donors (Lipinski definition) is 1. The van der Waals surface area contributed by atoms with Gasteiger partial charge in [0.2, 0.25) is 5.91 Å². The molecule has 0 atom stereocenters. The molecule has 1 N–H and O–H groups in total. The van der Waals surface area contributed by atoms with Gasteiger partial charge in [-0.05, 0) is 62.8 Å². The van der Waals surface area contributed by atoms with E-state index in [1.807, 2.05) is 32.0 Å². The molecule has 1 amide bonds. The van der Waals surface area contributed by atoms with Gasteiger partial charge in [0.25, 0.3) is 0 Å². The summed E-state index contributed by atoms with van der Waals surface area (Å²) in [5.74, 6) is 0.730. The molecule has 0 unspecified atom stereocenters. The molecule has 1 aromatic heterocycles. The minimum atomic E-state index is -0.385. The normalized spacial score (nSPS) is 13.2. The van der Waals surface area contributed by atoms with Crippen LogP contribution in [0.1, 0.15) is 59.5 Å². The second kappa shape index (κ2) is 10.5. The number of amides is 1. The van der Waals surface area contributed by atoms with Crippen molar-refractivity contribution < 1.29 is 23.8 Å². The van der Waals surface area contributed by atoms with E-state index in [9.17, 15) is 9.59 Å². The minimum Gasteiger partial charge on any atom is -0.490 e. The third kappa shape index (κ3) is 5.14. The largest absolute Gasteiger partial charge is 0.490 e. The summed E-state index contributed by atoms with van der Waals surface area (Å²) in [6.07, 6.45) is 5.28. The third-order valence-electron chi connectivity index (χ3n) is 5.04. The summed E-state index contributed by atoms with van der Waals surface area (Å²) in [7, 11) is 1.38. The van der Waals surface area contributed by atoms with Crippen LogP contribution in [0.2, 0.25) is 0 Å². The number of benzene rings is 1. The first-order chi connectivity index (χ1) is 14.6. The van der Waals surface area contributed by atoms with Crippen LogP contribution in [0.4, 0.5) is 5.00 Å². The van der Waals surface area contributed by atoms with E-state index in [2.05, 4.69) is 5.32 Å². The monoisotopic (exact) mass is 431 g/mol. The summed E-state index contributed by atoms with van der Waals surface area (Å²) >= 11 is 1.50. The van der Waals surface area contributed by atoms with Crippen molar-refractivity contribution in [1.29, 1.82) is 0 Å². The van der Waals surface area contributed by atoms with Crippen LogP contribution in [0.5, 0.6) is 11.5 Å². The minimum absolute atomic E-state index is 0.176. The van der Waals surface area contributed by atoms with E-state index in [0.29, 0.717) is 35.3 Å². The Kier molecular flexibility index (Phi) is 7.74. The lowest BCUT2D eigenvalue weighted by atomic mass is 10.1. The predicted octanol–water partition coefficient (Wildman–Crippen LogP) is 4.78. The zero-order valence-electron chi connectivity index (χ0n) is 17.8. The van der Waals surface area contributed by atoms with Crippen LogP contribution in [-0.2, 0) is 28.8 Å². The van der Waals surface area contributed by atoms with E-state index in [1.165, 1.54) is 23.3 Å². The molecule has 0 spiro atoms. The summed E-state index contributed by atoms with van der Waals surface area (Å²) in [5.41, 5.74) is 2.38. The number of fused-ring (bicyclic) bond motifs is 1. The van der Waals surface area contributed by atoms with Crippen molar-refractivity contribution in [3.8, 4) is 11.5 Å². The van der Waals surface area contributed by atoms with Crippen LogP contribution in [0, 0.1) is 0 Å². The van der Waals surface area contributed by atoms with Crippen LogP contribution in [0.25, 0.3) is 0 Å². The van der Waals surface area contributed by atoms with Crippen LogP contribution >= 0.6 is 11.3 Å². The van der Waals surface area contributed by atoms with Crippen molar-refractivity contribution in [3.05, 3.63) is 39.8 Å². The van der Waals surface area contributed by atoms with Gasteiger partial charge >= 0.3 is 5.97 Å². The summed E-state index contributed by atoms with van der Waals surface area (Å²) in [6, 6.07) is 5.52. The number of aryl methyl sites for hydroxylation is 1. The first kappa shape index (κ1) is 22.2. The highest BCUT2D eigenvalue weighted by Gasteiger charge is 2.26. The summed E-state index contributed by atoms with van der Waals surface area (Å²) in [6.45, 7) is 4.88. The molecule has 1 heterocycles. The average molecular weight is 432 g/mol. The maximum Gasteiger partial charge on any atom is 0.341 e. The molecule has 30 heavy (non-hydrogen) atoms. The van der Waals surface area contributed by atoms with E-state index >= 15 is 0 Å². The van der Waals surface area contributed by atoms with E-state index in [1.54, 1.807) is 0 Å². The standard InChI is InChI=1S/C23H29NO5S/c1-4-28-17-12-11-15(13-18(17)29-5-2)14-20(25)24-22-21(23(26)27-3)16-9-7-6-8-10-19(16)30-22/h11-13H,4-10,14H2,1-3H3,(H,24,25). The van der Waals surface area contributed by atoms with Crippen molar-refractivity contribution in [2.24, 2.45) is 0 Å². The molecule has 2 aromatic rings. The maximum atomic E-state index is 12.8. The van der Waals surface area contributed by atoms with Crippen molar-refractivity contribution in [1.82, 2.24) is 0 Å². The molecule has 162 valence electrons. The maximum absolute atomic E-state index is 12.8. The molecule has 1 aromatic carbocycles. The van der Waals surface area contributed by atoms with E-state index in [0.717, 1.165) is 43.2 Å². The Balaban J connectivity index is 1.79. The fourth-order valence-corrected chi connectivity index (χ4v) is 5.00. The lowest BCUT2D eigenvalue weighted by molar-refractivity contribution is -0.115. The average Bonchev–Trinajstić information content (AvgIpc) is 2.90. The smallest absolute Gasteiger partial charge is 0.341 e. The molecular weight excluding hydrogens is 402 g/mol. The molecule has 7 heteroatoms. The molecule has 1 aliphatic rings. The van der Waals surface area contributed by atoms with Gasteiger partial charge in [0, 0.05) is 4.88 Å². The van der Waals surface area contributed by atoms with Gasteiger partial charge in [0.15, 0.2) is 11.5 Å². The Morgan fingerprint density at radius 3 is 2.50 bits per heavy atom. The second-order valence-corrected chi connectivity index (χ2v) is 8.24. The highest BCUT2D eigenvalue weighted by molar-refractivity contribution is 7.17. The van der Waals surface area contributed by atoms with Crippen LogP contribution in [0.15, 0.2) is 18.2 Å². The zero-order chi connectivity index (χ0) is 21.5. The molecule has 0 saturated carbocycles. The molecule has 0 saturated heterocycles. The number of hydrogen-bond acceptors (Lipinski definition) is 6. The highest BCUT2D eigenvalue weighted by atomic mass is 32.1. The second-order valence-electron chi connectivity index (χ2n) is 7.13. The van der Waals surface area contributed by atoms with Gasteiger partial charge in [-0.25, -0.2) is 4.79 Å². The zero-order valence-corrected chi connectivity index (χ0v) is 18.7. The summed E-state index contributed by atoms with van der Waals surface area (Å²) in [5, 5.41) is 3.54. The first-order valence-electron chi connectivity index (χ1n) is 10.5. The van der Waals surface area contributed by atoms with Gasteiger partial charge in [-0.3, -0.25) is 4.79 Å². The Morgan fingerprint density at radius 1 is 1.03 bits per heavy atom. The molecule has 0 bridgehead atoms. The number of nitrogens with one attached hydrogen (secondary N) is 1. The highest BCUT2D eigenvalue weighted by Crippen LogP contribution is 2.38. The lowest BCUT2D eigenvalue weighted by Gasteiger charge is -2.12. The van der Waals surface area contributed by atoms with Crippen molar-refractivity contribution in [2.75, 3.05) is 25.6 Å². The van der Waals surface area contributed by atoms with Gasteiger partial charge in [0.05, 0.1) is 32.3 Å². The topological polar surface area (TPSA) is 73.9 Å². The van der Waals surface area contributed by atoms with Crippen molar-refractivity contribution in [3.63, 3.8) is 0 Å². The summed E-state index contributed by atoms with van der Waals surface area (Å²) < 4.78 is 16.2. The van der Waals surface area contributed by atoms with Gasteiger partial charge in [0.1, 0.15) is 5.00 Å². The molecule has 0 aliphatic heterocycles. The number of ether oxygens (including phenoxy) is 3. The first-order valence-corrected chi connectivity index (χ1v) is 11.3. The number of rotatable bonds is 8. The Bertz CT molecular complexity index is 905. The fourth-order valence-electron chi connectivity index (χ4n) is 3.71. The third-order valence-corrected chi connectivity index (χ3v) is 6.24. The van der Waals surface area contributed by atoms with Crippen LogP contribution in [-0.4, -0.2) is 32.2 Å². The summed E-state index contributed by atoms with van der Waals surface area (Å²) in [4.78, 5) is 26.4. The van der Waals surface area contributed by atoms with Crippen LogP contribution in [0.3, 0.4) is 0 Å². The van der Waals surface area contributed by atoms with Crippen molar-refractivity contribution >= 4 is 28.2 Å². The number of anilines is 1. The van der Waals surface area contributed by atoms with Gasteiger partial charge in [-0.1, -0.05) is 12.5 Å². The molecule has 0 radical (unpaired) electrons. The van der Waals surface area contributed by atoms with Gasteiger partial charge < -0.3 is 19.5 Å². The molecule has 3 rings (SSSR count). The number of thiophene rings is 1. The molecule has 0 fully saturated rings. The van der Waals surface area contributed by atoms with E-state index in [-0.39, 0.29) is 18.3 Å². The van der Waals surface area contributed by atoms with Gasteiger partial charge in [-0.15, -0.1) is 11.3 Å². The predicted molar refractivity (Wildman–Crippen MR) is 118 cm³/mol. The van der Waals surface area contributed by atoms with Gasteiger partial charge in [-0.2, -0.15) is 0 Å². The Morgan fingerprint density at radius 2 is 1.77 bits per heavy atom. The Labute approximate surface area is 181 Å². The number of esters is 1. The number of carbonyl (C=O) groups is 2. The quantitative estimate of drug-likeness (QED) is 0.481. The van der Waals surface area contributed by atoms with Crippen LogP contribution < -0.4 is 14.8 Å². The number of methoxy groups -OCH3 is 1. The SMILES string of the molecule is CCOc1ccc(CC(=O)Nc2sc3c(c2C(=O)OC)CCCCC3)cc1OCC. The van der Waals surface area contributed by atoms with E-state index < -0.39 is 0 Å². The molecule has 1 aliphatic carbocycles. The lowest BCUT2D eigenvalue weighted by Crippen LogP contribution is -2.16. The van der Waals surface area contributed by atoms with E-state index in [4.69, 9.17) is 14.2 Å². The van der Waals surface area contributed by atoms with Crippen molar-refractivity contribution in [2.45, 2.75) is 52.4 Å². The number of carbonyl (C=O) groups excluding carboxylic acids is 2. The Hall–Kier alpha value is -2.54.